The number of nitrogens with zero attached hydrogens (tertiary/aromatic N) is 2. The highest BCUT2D eigenvalue weighted by atomic mass is 32.2. The van der Waals surface area contributed by atoms with Gasteiger partial charge in [0.25, 0.3) is 6.43 Å². The zero-order valence-corrected chi connectivity index (χ0v) is 17.8. The number of nitrogens with one attached hydrogen (secondary N) is 1. The Bertz CT molecular complexity index is 1140. The maximum Gasteiger partial charge on any atom is 0.419 e. The molecule has 0 fully saturated rings. The van der Waals surface area contributed by atoms with Crippen molar-refractivity contribution in [2.75, 3.05) is 4.72 Å². The van der Waals surface area contributed by atoms with Crippen LogP contribution in [0.2, 0.25) is 0 Å². The summed E-state index contributed by atoms with van der Waals surface area (Å²) in [6.45, 7) is 6.87. The molecule has 5 nitrogen and oxygen atoms in total. The Balaban J connectivity index is 2.09. The number of hydrogen-bond donors (Lipinski definition) is 1. The van der Waals surface area contributed by atoms with Crippen molar-refractivity contribution >= 4 is 34.6 Å². The Morgan fingerprint density at radius 1 is 1.27 bits per heavy atom. The van der Waals surface area contributed by atoms with Crippen molar-refractivity contribution in [3.05, 3.63) is 59.3 Å². The average molecular weight is 429 g/mol. The molecule has 0 saturated heterocycles. The molecule has 0 aliphatic rings. The summed E-state index contributed by atoms with van der Waals surface area (Å²) < 4.78 is 37.1. The van der Waals surface area contributed by atoms with E-state index in [4.69, 9.17) is 10.00 Å². The van der Waals surface area contributed by atoms with Crippen LogP contribution in [-0.4, -0.2) is 16.3 Å². The van der Waals surface area contributed by atoms with Crippen molar-refractivity contribution in [3.63, 3.8) is 0 Å². The molecule has 1 aromatic heterocycles. The lowest BCUT2D eigenvalue weighted by atomic mass is 10.1. The molecular formula is C22H21F2N3O2S. The van der Waals surface area contributed by atoms with Gasteiger partial charge in [0.15, 0.2) is 0 Å². The van der Waals surface area contributed by atoms with E-state index >= 15 is 0 Å². The molecule has 0 unspecified atom stereocenters. The molecule has 0 saturated carbocycles. The molecule has 30 heavy (non-hydrogen) atoms. The van der Waals surface area contributed by atoms with E-state index in [9.17, 15) is 13.6 Å². The fourth-order valence-electron chi connectivity index (χ4n) is 3.02. The topological polar surface area (TPSA) is 67.0 Å². The Labute approximate surface area is 177 Å². The van der Waals surface area contributed by atoms with Crippen LogP contribution in [0.25, 0.3) is 10.9 Å². The second kappa shape index (κ2) is 8.36. The Morgan fingerprint density at radius 3 is 2.63 bits per heavy atom. The van der Waals surface area contributed by atoms with Crippen LogP contribution in [-0.2, 0) is 4.74 Å². The van der Waals surface area contributed by atoms with Gasteiger partial charge in [-0.05, 0) is 69.5 Å². The molecule has 0 aliphatic heterocycles. The van der Waals surface area contributed by atoms with Gasteiger partial charge in [-0.15, -0.1) is 0 Å². The van der Waals surface area contributed by atoms with Gasteiger partial charge in [0.05, 0.1) is 22.8 Å². The molecule has 1 N–H and O–H groups in total. The molecule has 0 amide bonds. The predicted molar refractivity (Wildman–Crippen MR) is 114 cm³/mol. The van der Waals surface area contributed by atoms with Crippen molar-refractivity contribution in [1.82, 2.24) is 4.57 Å². The third-order valence-electron chi connectivity index (χ3n) is 4.25. The van der Waals surface area contributed by atoms with E-state index in [0.717, 1.165) is 15.7 Å². The summed E-state index contributed by atoms with van der Waals surface area (Å²) in [5.74, 6) is 0. The van der Waals surface area contributed by atoms with Crippen LogP contribution in [0.5, 0.6) is 0 Å². The number of aromatic nitrogens is 1. The first-order valence-electron chi connectivity index (χ1n) is 9.20. The van der Waals surface area contributed by atoms with E-state index in [1.165, 1.54) is 11.9 Å². The third kappa shape index (κ3) is 4.57. The molecule has 0 radical (unpaired) electrons. The van der Waals surface area contributed by atoms with E-state index in [1.807, 2.05) is 6.07 Å². The molecule has 8 heteroatoms. The standard InChI is InChI=1S/C22H21F2N3O2S/c1-13-8-9-17(26-30-15-7-5-6-14(10-15)11-25)19-18(13)16(20(23)24)12-27(19)21(28)29-22(2,3)4/h5-10,12,20,26H,1-4H3. The number of rotatable bonds is 4. The molecule has 0 aliphatic carbocycles. The summed E-state index contributed by atoms with van der Waals surface area (Å²) >= 11 is 1.22. The first kappa shape index (κ1) is 21.7. The summed E-state index contributed by atoms with van der Waals surface area (Å²) in [5.41, 5.74) is 0.943. The largest absolute Gasteiger partial charge is 0.443 e. The van der Waals surface area contributed by atoms with Gasteiger partial charge in [-0.3, -0.25) is 0 Å². The zero-order chi connectivity index (χ0) is 22.1. The number of benzene rings is 2. The Morgan fingerprint density at radius 2 is 2.00 bits per heavy atom. The van der Waals surface area contributed by atoms with E-state index in [-0.39, 0.29) is 5.56 Å². The number of halogens is 2. The summed E-state index contributed by atoms with van der Waals surface area (Å²) in [6, 6.07) is 12.5. The average Bonchev–Trinajstić information content (AvgIpc) is 3.08. The van der Waals surface area contributed by atoms with Gasteiger partial charge < -0.3 is 9.46 Å². The molecular weight excluding hydrogens is 408 g/mol. The van der Waals surface area contributed by atoms with E-state index in [0.29, 0.717) is 27.7 Å². The van der Waals surface area contributed by atoms with Crippen LogP contribution >= 0.6 is 11.9 Å². The highest BCUT2D eigenvalue weighted by Gasteiger charge is 2.26. The number of nitriles is 1. The molecule has 156 valence electrons. The minimum Gasteiger partial charge on any atom is -0.443 e. The van der Waals surface area contributed by atoms with Gasteiger partial charge in [0, 0.05) is 22.0 Å². The van der Waals surface area contributed by atoms with Crippen LogP contribution in [0.1, 0.15) is 43.9 Å². The lowest BCUT2D eigenvalue weighted by Crippen LogP contribution is -2.26. The number of carbonyl (C=O) groups excluding carboxylic acids is 1. The molecule has 3 rings (SSSR count). The van der Waals surface area contributed by atoms with Crippen molar-refractivity contribution in [3.8, 4) is 6.07 Å². The van der Waals surface area contributed by atoms with Crippen molar-refractivity contribution < 1.29 is 18.3 Å². The van der Waals surface area contributed by atoms with Crippen molar-refractivity contribution in [1.29, 1.82) is 5.26 Å². The summed E-state index contributed by atoms with van der Waals surface area (Å²) in [7, 11) is 0. The minimum atomic E-state index is -2.75. The van der Waals surface area contributed by atoms with Gasteiger partial charge in [-0.2, -0.15) is 5.26 Å². The monoisotopic (exact) mass is 429 g/mol. The number of anilines is 1. The predicted octanol–water partition coefficient (Wildman–Crippen LogP) is 6.66. The lowest BCUT2D eigenvalue weighted by Gasteiger charge is -2.20. The van der Waals surface area contributed by atoms with Crippen LogP contribution in [0.4, 0.5) is 19.3 Å². The van der Waals surface area contributed by atoms with Gasteiger partial charge in [-0.1, -0.05) is 12.1 Å². The number of alkyl halides is 2. The molecule has 0 atom stereocenters. The number of aryl methyl sites for hydroxylation is 1. The molecule has 1 heterocycles. The highest BCUT2D eigenvalue weighted by Crippen LogP contribution is 2.38. The molecule has 0 spiro atoms. The normalized spacial score (nSPS) is 11.5. The first-order valence-corrected chi connectivity index (χ1v) is 10.0. The van der Waals surface area contributed by atoms with Crippen LogP contribution in [0, 0.1) is 18.3 Å². The number of hydrogen-bond acceptors (Lipinski definition) is 5. The first-order chi connectivity index (χ1) is 14.1. The fourth-order valence-corrected chi connectivity index (χ4v) is 3.75. The van der Waals surface area contributed by atoms with Gasteiger partial charge in [0.2, 0.25) is 0 Å². The second-order valence-corrected chi connectivity index (χ2v) is 8.61. The van der Waals surface area contributed by atoms with Crippen LogP contribution in [0.15, 0.2) is 47.5 Å². The zero-order valence-electron chi connectivity index (χ0n) is 17.0. The van der Waals surface area contributed by atoms with E-state index < -0.39 is 18.1 Å². The highest BCUT2D eigenvalue weighted by molar-refractivity contribution is 8.00. The smallest absolute Gasteiger partial charge is 0.419 e. The van der Waals surface area contributed by atoms with Crippen LogP contribution < -0.4 is 4.72 Å². The number of carbonyl (C=O) groups is 1. The van der Waals surface area contributed by atoms with E-state index in [1.54, 1.807) is 58.0 Å². The minimum absolute atomic E-state index is 0.228. The van der Waals surface area contributed by atoms with E-state index in [2.05, 4.69) is 10.8 Å². The summed E-state index contributed by atoms with van der Waals surface area (Å²) in [6.07, 6.45) is -2.34. The quantitative estimate of drug-likeness (QED) is 0.470. The maximum atomic E-state index is 13.7. The van der Waals surface area contributed by atoms with Crippen molar-refractivity contribution in [2.45, 2.75) is 44.6 Å². The molecule has 0 bridgehead atoms. The van der Waals surface area contributed by atoms with Gasteiger partial charge in [0.1, 0.15) is 5.60 Å². The fraction of sp³-hybridized carbons (Fsp3) is 0.273. The van der Waals surface area contributed by atoms with Gasteiger partial charge >= 0.3 is 6.09 Å². The summed E-state index contributed by atoms with van der Waals surface area (Å²) in [5, 5.41) is 9.37. The Hall–Kier alpha value is -3.05. The van der Waals surface area contributed by atoms with Crippen molar-refractivity contribution in [2.24, 2.45) is 0 Å². The molecule has 2 aromatic carbocycles. The number of fused-ring (bicyclic) bond motifs is 1. The van der Waals surface area contributed by atoms with Crippen LogP contribution in [0.3, 0.4) is 0 Å². The lowest BCUT2D eigenvalue weighted by molar-refractivity contribution is 0.0543. The molecule has 3 aromatic rings. The van der Waals surface area contributed by atoms with Gasteiger partial charge in [-0.25, -0.2) is 18.1 Å². The second-order valence-electron chi connectivity index (χ2n) is 7.73. The SMILES string of the molecule is Cc1ccc(NSc2cccc(C#N)c2)c2c1c(C(F)F)cn2C(=O)OC(C)(C)C. The maximum absolute atomic E-state index is 13.7. The third-order valence-corrected chi connectivity index (χ3v) is 5.06. The Kier molecular flexibility index (Phi) is 6.04. The summed E-state index contributed by atoms with van der Waals surface area (Å²) in [4.78, 5) is 13.5. The number of ether oxygens (including phenoxy) is 1.